The van der Waals surface area contributed by atoms with E-state index in [1.807, 2.05) is 37.8 Å². The number of likely N-dealkylation sites (tertiary alicyclic amines) is 1. The van der Waals surface area contributed by atoms with Gasteiger partial charge in [-0.25, -0.2) is 4.79 Å². The van der Waals surface area contributed by atoms with E-state index >= 15 is 0 Å². The van der Waals surface area contributed by atoms with Gasteiger partial charge < -0.3 is 14.2 Å². The molecule has 2 bridgehead atoms. The number of hydrogen-bond donors (Lipinski definition) is 0. The number of carbonyl (C=O) groups excluding carboxylic acids is 1. The molecule has 2 aliphatic heterocycles. The predicted molar refractivity (Wildman–Crippen MR) is 104 cm³/mol. The average Bonchev–Trinajstić information content (AvgIpc) is 2.80. The van der Waals surface area contributed by atoms with Gasteiger partial charge in [0.05, 0.1) is 20.3 Å². The van der Waals surface area contributed by atoms with E-state index in [4.69, 9.17) is 14.2 Å². The Labute approximate surface area is 162 Å². The third-order valence-electron chi connectivity index (χ3n) is 5.46. The molecule has 0 radical (unpaired) electrons. The molecule has 2 saturated heterocycles. The van der Waals surface area contributed by atoms with Crippen LogP contribution in [0.1, 0.15) is 39.7 Å². The van der Waals surface area contributed by atoms with Crippen LogP contribution in [0.5, 0.6) is 11.5 Å². The zero-order valence-electron chi connectivity index (χ0n) is 17.3. The van der Waals surface area contributed by atoms with Crippen molar-refractivity contribution in [2.75, 3.05) is 27.3 Å². The smallest absolute Gasteiger partial charge is 0.410 e. The van der Waals surface area contributed by atoms with E-state index in [9.17, 15) is 4.79 Å². The number of hydrogen-bond acceptors (Lipinski definition) is 5. The quantitative estimate of drug-likeness (QED) is 0.805. The lowest BCUT2D eigenvalue weighted by Gasteiger charge is -2.42. The topological polar surface area (TPSA) is 51.2 Å². The summed E-state index contributed by atoms with van der Waals surface area (Å²) in [5, 5.41) is 0. The summed E-state index contributed by atoms with van der Waals surface area (Å²) in [7, 11) is 3.34. The molecule has 0 saturated carbocycles. The molecule has 2 unspecified atom stereocenters. The molecule has 150 valence electrons. The molecule has 0 N–H and O–H groups in total. The number of nitrogens with zero attached hydrogens (tertiary/aromatic N) is 2. The first-order valence-electron chi connectivity index (χ1n) is 9.66. The Hall–Kier alpha value is -1.95. The molecule has 27 heavy (non-hydrogen) atoms. The van der Waals surface area contributed by atoms with Gasteiger partial charge in [0.25, 0.3) is 0 Å². The third kappa shape index (κ3) is 4.32. The molecule has 0 spiro atoms. The second-order valence-electron chi connectivity index (χ2n) is 8.69. The van der Waals surface area contributed by atoms with Gasteiger partial charge in [0, 0.05) is 37.3 Å². The van der Waals surface area contributed by atoms with E-state index in [0.717, 1.165) is 43.1 Å². The maximum atomic E-state index is 12.7. The van der Waals surface area contributed by atoms with Gasteiger partial charge in [0.15, 0.2) is 0 Å². The molecular formula is C21H32N2O4. The predicted octanol–water partition coefficient (Wildman–Crippen LogP) is 3.53. The molecule has 1 amide bonds. The monoisotopic (exact) mass is 376 g/mol. The minimum absolute atomic E-state index is 0.177. The molecule has 1 aromatic carbocycles. The van der Waals surface area contributed by atoms with E-state index < -0.39 is 5.60 Å². The zero-order valence-corrected chi connectivity index (χ0v) is 17.3. The van der Waals surface area contributed by atoms with Gasteiger partial charge in [0.2, 0.25) is 0 Å². The first-order valence-corrected chi connectivity index (χ1v) is 9.66. The second-order valence-corrected chi connectivity index (χ2v) is 8.69. The summed E-state index contributed by atoms with van der Waals surface area (Å²) in [6, 6.07) is 6.35. The van der Waals surface area contributed by atoms with Crippen LogP contribution in [0.15, 0.2) is 18.2 Å². The Morgan fingerprint density at radius 2 is 1.93 bits per heavy atom. The molecule has 3 rings (SSSR count). The number of carbonyl (C=O) groups is 1. The van der Waals surface area contributed by atoms with Gasteiger partial charge in [-0.3, -0.25) is 9.80 Å². The van der Waals surface area contributed by atoms with Gasteiger partial charge in [-0.2, -0.15) is 0 Å². The lowest BCUT2D eigenvalue weighted by Crippen LogP contribution is -2.57. The van der Waals surface area contributed by atoms with E-state index in [2.05, 4.69) is 17.9 Å². The highest BCUT2D eigenvalue weighted by molar-refractivity contribution is 5.70. The molecule has 6 heteroatoms. The summed E-state index contributed by atoms with van der Waals surface area (Å²) >= 11 is 0. The highest BCUT2D eigenvalue weighted by Gasteiger charge is 2.47. The average molecular weight is 376 g/mol. The van der Waals surface area contributed by atoms with Gasteiger partial charge in [-0.05, 0) is 39.2 Å². The van der Waals surface area contributed by atoms with Gasteiger partial charge in [-0.15, -0.1) is 0 Å². The number of rotatable bonds is 4. The largest absolute Gasteiger partial charge is 0.497 e. The van der Waals surface area contributed by atoms with Crippen molar-refractivity contribution < 1.29 is 19.0 Å². The van der Waals surface area contributed by atoms with Gasteiger partial charge in [-0.1, -0.05) is 13.0 Å². The van der Waals surface area contributed by atoms with Crippen LogP contribution in [0.4, 0.5) is 4.79 Å². The number of methoxy groups -OCH3 is 2. The normalized spacial score (nSPS) is 25.4. The Kier molecular flexibility index (Phi) is 5.56. The molecule has 0 aliphatic carbocycles. The van der Waals surface area contributed by atoms with Crippen LogP contribution in [0.2, 0.25) is 0 Å². The fraction of sp³-hybridized carbons (Fsp3) is 0.667. The molecule has 2 fully saturated rings. The molecule has 2 aliphatic rings. The Balaban J connectivity index is 1.71. The first-order chi connectivity index (χ1) is 12.7. The van der Waals surface area contributed by atoms with E-state index in [1.54, 1.807) is 14.2 Å². The Morgan fingerprint density at radius 1 is 1.19 bits per heavy atom. The zero-order chi connectivity index (χ0) is 19.8. The van der Waals surface area contributed by atoms with Crippen molar-refractivity contribution >= 4 is 6.09 Å². The van der Waals surface area contributed by atoms with Crippen molar-refractivity contribution in [2.24, 2.45) is 5.92 Å². The molecule has 6 nitrogen and oxygen atoms in total. The van der Waals surface area contributed by atoms with Gasteiger partial charge in [0.1, 0.15) is 17.1 Å². The second kappa shape index (κ2) is 7.58. The lowest BCUT2D eigenvalue weighted by molar-refractivity contribution is -0.00787. The van der Waals surface area contributed by atoms with Crippen LogP contribution in [0, 0.1) is 5.92 Å². The fourth-order valence-corrected chi connectivity index (χ4v) is 4.26. The number of piperazine rings is 1. The van der Waals surface area contributed by atoms with Crippen molar-refractivity contribution in [2.45, 2.75) is 58.3 Å². The van der Waals surface area contributed by atoms with Crippen LogP contribution in [0.3, 0.4) is 0 Å². The summed E-state index contributed by atoms with van der Waals surface area (Å²) in [5.41, 5.74) is 0.670. The van der Waals surface area contributed by atoms with E-state index in [1.165, 1.54) is 0 Å². The maximum Gasteiger partial charge on any atom is 0.410 e. The highest BCUT2D eigenvalue weighted by Crippen LogP contribution is 2.37. The lowest BCUT2D eigenvalue weighted by atomic mass is 10.0. The SMILES string of the molecule is COc1ccc(CN2CC3C[C@@H](C)C(C2)N3C(=O)OC(C)(C)C)c(OC)c1. The molecule has 0 aromatic heterocycles. The minimum Gasteiger partial charge on any atom is -0.497 e. The Bertz CT molecular complexity index is 685. The number of ether oxygens (including phenoxy) is 3. The maximum absolute atomic E-state index is 12.7. The van der Waals surface area contributed by atoms with Crippen LogP contribution in [-0.4, -0.2) is 60.9 Å². The van der Waals surface area contributed by atoms with Crippen LogP contribution in [0.25, 0.3) is 0 Å². The molecule has 3 atom stereocenters. The standard InChI is InChI=1S/C21H32N2O4/c1-14-9-16-12-22(11-15-7-8-17(25-5)10-19(15)26-6)13-18(14)23(16)20(24)27-21(2,3)4/h7-8,10,14,16,18H,9,11-13H2,1-6H3/t14-,16?,18?/m1/s1. The van der Waals surface area contributed by atoms with Crippen molar-refractivity contribution in [1.82, 2.24) is 9.80 Å². The van der Waals surface area contributed by atoms with E-state index in [0.29, 0.717) is 5.92 Å². The van der Waals surface area contributed by atoms with Gasteiger partial charge >= 0.3 is 6.09 Å². The number of benzene rings is 1. The summed E-state index contributed by atoms with van der Waals surface area (Å²) in [6.45, 7) is 10.5. The highest BCUT2D eigenvalue weighted by atomic mass is 16.6. The van der Waals surface area contributed by atoms with E-state index in [-0.39, 0.29) is 18.2 Å². The molecule has 1 aromatic rings. The first kappa shape index (κ1) is 19.8. The summed E-state index contributed by atoms with van der Waals surface area (Å²) in [5.74, 6) is 2.11. The Morgan fingerprint density at radius 3 is 2.52 bits per heavy atom. The van der Waals surface area contributed by atoms with Crippen molar-refractivity contribution in [3.63, 3.8) is 0 Å². The van der Waals surface area contributed by atoms with Crippen LogP contribution in [-0.2, 0) is 11.3 Å². The number of amides is 1. The summed E-state index contributed by atoms with van der Waals surface area (Å²) in [6.07, 6.45) is 0.851. The summed E-state index contributed by atoms with van der Waals surface area (Å²) in [4.78, 5) is 17.1. The minimum atomic E-state index is -0.465. The van der Waals surface area contributed by atoms with Crippen LogP contribution >= 0.6 is 0 Å². The number of fused-ring (bicyclic) bond motifs is 2. The summed E-state index contributed by atoms with van der Waals surface area (Å²) < 4.78 is 16.5. The molecule has 2 heterocycles. The van der Waals surface area contributed by atoms with Crippen molar-refractivity contribution in [1.29, 1.82) is 0 Å². The van der Waals surface area contributed by atoms with Crippen molar-refractivity contribution in [3.8, 4) is 11.5 Å². The van der Waals surface area contributed by atoms with Crippen LogP contribution < -0.4 is 9.47 Å². The third-order valence-corrected chi connectivity index (χ3v) is 5.46. The fourth-order valence-electron chi connectivity index (χ4n) is 4.26. The molecular weight excluding hydrogens is 344 g/mol. The van der Waals surface area contributed by atoms with Crippen molar-refractivity contribution in [3.05, 3.63) is 23.8 Å².